The lowest BCUT2D eigenvalue weighted by molar-refractivity contribution is 0.589. The smallest absolute Gasteiger partial charge is 0.0379 e. The zero-order chi connectivity index (χ0) is 10.2. The number of hydrogen-bond acceptors (Lipinski definition) is 1. The van der Waals surface area contributed by atoms with Gasteiger partial charge in [-0.3, -0.25) is 0 Å². The third-order valence-corrected chi connectivity index (χ3v) is 2.64. The molecule has 1 aromatic rings. The highest BCUT2D eigenvalue weighted by Crippen LogP contribution is 2.29. The van der Waals surface area contributed by atoms with Crippen LogP contribution in [0.1, 0.15) is 38.3 Å². The molecule has 0 amide bonds. The van der Waals surface area contributed by atoms with Crippen molar-refractivity contribution in [3.63, 3.8) is 0 Å². The standard InChI is InChI=1S/C13H17N/c1-13(2,3)11-6-7-12-10(9-11)5-4-8-14-12/h6-7,9,14H,4,8H2,1-3H3. The molecule has 1 heteroatoms. The second-order valence-electron chi connectivity index (χ2n) is 4.86. The summed E-state index contributed by atoms with van der Waals surface area (Å²) in [7, 11) is 0. The molecular weight excluding hydrogens is 170 g/mol. The van der Waals surface area contributed by atoms with Crippen molar-refractivity contribution in [1.82, 2.24) is 0 Å². The highest BCUT2D eigenvalue weighted by Gasteiger charge is 2.16. The van der Waals surface area contributed by atoms with Gasteiger partial charge >= 0.3 is 0 Å². The molecule has 1 N–H and O–H groups in total. The van der Waals surface area contributed by atoms with Gasteiger partial charge < -0.3 is 5.32 Å². The van der Waals surface area contributed by atoms with E-state index in [0.29, 0.717) is 0 Å². The van der Waals surface area contributed by atoms with Crippen molar-refractivity contribution in [3.8, 4) is 0 Å². The third kappa shape index (κ3) is 1.77. The number of rotatable bonds is 0. The van der Waals surface area contributed by atoms with Crippen molar-refractivity contribution in [2.45, 2.75) is 32.6 Å². The fourth-order valence-corrected chi connectivity index (χ4v) is 1.71. The Balaban J connectivity index is 2.39. The van der Waals surface area contributed by atoms with Crippen LogP contribution >= 0.6 is 0 Å². The summed E-state index contributed by atoms with van der Waals surface area (Å²) in [5.74, 6) is 0. The van der Waals surface area contributed by atoms with Crippen LogP contribution in [0, 0.1) is 6.42 Å². The van der Waals surface area contributed by atoms with E-state index in [0.717, 1.165) is 13.0 Å². The van der Waals surface area contributed by atoms with Crippen LogP contribution in [0.3, 0.4) is 0 Å². The topological polar surface area (TPSA) is 12.0 Å². The number of fused-ring (bicyclic) bond motifs is 1. The maximum atomic E-state index is 3.41. The van der Waals surface area contributed by atoms with Crippen LogP contribution in [0.15, 0.2) is 18.2 Å². The molecule has 74 valence electrons. The molecule has 1 aromatic carbocycles. The quantitative estimate of drug-likeness (QED) is 0.657. The van der Waals surface area contributed by atoms with Crippen molar-refractivity contribution < 1.29 is 0 Å². The first kappa shape index (κ1) is 9.57. The van der Waals surface area contributed by atoms with E-state index in [1.165, 1.54) is 16.8 Å². The van der Waals surface area contributed by atoms with Gasteiger partial charge in [-0.2, -0.15) is 0 Å². The summed E-state index contributed by atoms with van der Waals surface area (Å²) < 4.78 is 0. The molecule has 0 aromatic heterocycles. The van der Waals surface area contributed by atoms with Crippen LogP contribution in [0.5, 0.6) is 0 Å². The molecule has 1 nitrogen and oxygen atoms in total. The fraction of sp³-hybridized carbons (Fsp3) is 0.462. The number of nitrogens with one attached hydrogen (secondary N) is 1. The Kier molecular flexibility index (Phi) is 2.26. The second-order valence-corrected chi connectivity index (χ2v) is 4.86. The molecule has 1 aliphatic heterocycles. The third-order valence-electron chi connectivity index (χ3n) is 2.64. The van der Waals surface area contributed by atoms with Crippen LogP contribution in [0.25, 0.3) is 0 Å². The van der Waals surface area contributed by atoms with Crippen molar-refractivity contribution in [2.75, 3.05) is 11.9 Å². The summed E-state index contributed by atoms with van der Waals surface area (Å²) in [6.07, 6.45) is 4.43. The maximum absolute atomic E-state index is 3.41. The molecule has 14 heavy (non-hydrogen) atoms. The van der Waals surface area contributed by atoms with E-state index in [1.54, 1.807) is 0 Å². The zero-order valence-corrected chi connectivity index (χ0v) is 9.15. The lowest BCUT2D eigenvalue weighted by atomic mass is 9.85. The number of hydrogen-bond donors (Lipinski definition) is 1. The van der Waals surface area contributed by atoms with Gasteiger partial charge in [0, 0.05) is 18.7 Å². The van der Waals surface area contributed by atoms with Crippen LogP contribution in [0.4, 0.5) is 5.69 Å². The minimum absolute atomic E-state index is 0.230. The van der Waals surface area contributed by atoms with E-state index in [9.17, 15) is 0 Å². The van der Waals surface area contributed by atoms with Crippen LogP contribution in [-0.2, 0) is 5.41 Å². The van der Waals surface area contributed by atoms with E-state index in [4.69, 9.17) is 0 Å². The van der Waals surface area contributed by atoms with Gasteiger partial charge in [-0.25, -0.2) is 0 Å². The molecule has 0 fully saturated rings. The zero-order valence-electron chi connectivity index (χ0n) is 9.15. The van der Waals surface area contributed by atoms with Gasteiger partial charge in [-0.05, 0) is 29.0 Å². The van der Waals surface area contributed by atoms with Crippen molar-refractivity contribution in [2.24, 2.45) is 0 Å². The Morgan fingerprint density at radius 1 is 1.29 bits per heavy atom. The lowest BCUT2D eigenvalue weighted by Crippen LogP contribution is -2.15. The Hall–Kier alpha value is -0.980. The Bertz CT molecular complexity index is 334. The monoisotopic (exact) mass is 187 g/mol. The van der Waals surface area contributed by atoms with E-state index in [-0.39, 0.29) is 5.41 Å². The lowest BCUT2D eigenvalue weighted by Gasteiger charge is -2.23. The highest BCUT2D eigenvalue weighted by atomic mass is 14.9. The maximum Gasteiger partial charge on any atom is 0.0379 e. The van der Waals surface area contributed by atoms with Gasteiger partial charge in [0.05, 0.1) is 0 Å². The first-order valence-electron chi connectivity index (χ1n) is 5.20. The highest BCUT2D eigenvalue weighted by molar-refractivity contribution is 5.58. The molecule has 2 rings (SSSR count). The minimum Gasteiger partial charge on any atom is -0.385 e. The minimum atomic E-state index is 0.230. The summed E-state index contributed by atoms with van der Waals surface area (Å²) in [6, 6.07) is 6.63. The molecular formula is C13H17N. The fourth-order valence-electron chi connectivity index (χ4n) is 1.71. The molecule has 0 bridgehead atoms. The summed E-state index contributed by atoms with van der Waals surface area (Å²) in [4.78, 5) is 0. The van der Waals surface area contributed by atoms with Gasteiger partial charge in [0.15, 0.2) is 0 Å². The Labute approximate surface area is 86.5 Å². The van der Waals surface area contributed by atoms with Crippen molar-refractivity contribution >= 4 is 5.69 Å². The summed E-state index contributed by atoms with van der Waals surface area (Å²) in [6.45, 7) is 7.74. The van der Waals surface area contributed by atoms with Crippen LogP contribution in [-0.4, -0.2) is 6.54 Å². The Morgan fingerprint density at radius 2 is 2.07 bits per heavy atom. The van der Waals surface area contributed by atoms with Gasteiger partial charge in [-0.1, -0.05) is 32.9 Å². The first-order chi connectivity index (χ1) is 6.57. The molecule has 0 saturated carbocycles. The predicted molar refractivity (Wildman–Crippen MR) is 60.6 cm³/mol. The number of anilines is 1. The summed E-state index contributed by atoms with van der Waals surface area (Å²) >= 11 is 0. The predicted octanol–water partition coefficient (Wildman–Crippen LogP) is 3.23. The van der Waals surface area contributed by atoms with Gasteiger partial charge in [0.2, 0.25) is 0 Å². The second kappa shape index (κ2) is 3.30. The molecule has 0 saturated heterocycles. The molecule has 0 atom stereocenters. The van der Waals surface area contributed by atoms with E-state index in [2.05, 4.69) is 50.7 Å². The van der Waals surface area contributed by atoms with Crippen molar-refractivity contribution in [3.05, 3.63) is 35.7 Å². The van der Waals surface area contributed by atoms with E-state index in [1.807, 2.05) is 0 Å². The molecule has 0 unspecified atom stereocenters. The van der Waals surface area contributed by atoms with Gasteiger partial charge in [-0.15, -0.1) is 0 Å². The Morgan fingerprint density at radius 3 is 2.79 bits per heavy atom. The summed E-state index contributed by atoms with van der Waals surface area (Å²) in [5, 5.41) is 3.38. The van der Waals surface area contributed by atoms with Crippen LogP contribution in [0.2, 0.25) is 0 Å². The van der Waals surface area contributed by atoms with Gasteiger partial charge in [0.1, 0.15) is 0 Å². The number of benzene rings is 1. The van der Waals surface area contributed by atoms with E-state index >= 15 is 0 Å². The SMILES string of the molecule is CC(C)(C)c1ccc2c(c1)[C]CCN2. The van der Waals surface area contributed by atoms with Gasteiger partial charge in [0.25, 0.3) is 0 Å². The average molecular weight is 187 g/mol. The summed E-state index contributed by atoms with van der Waals surface area (Å²) in [5.41, 5.74) is 4.08. The normalized spacial score (nSPS) is 15.9. The largest absolute Gasteiger partial charge is 0.385 e. The molecule has 0 aliphatic carbocycles. The first-order valence-corrected chi connectivity index (χ1v) is 5.20. The molecule has 0 spiro atoms. The average Bonchev–Trinajstić information content (AvgIpc) is 2.16. The van der Waals surface area contributed by atoms with Crippen molar-refractivity contribution in [1.29, 1.82) is 0 Å². The molecule has 2 radical (unpaired) electrons. The van der Waals surface area contributed by atoms with Crippen LogP contribution < -0.4 is 5.32 Å². The van der Waals surface area contributed by atoms with E-state index < -0.39 is 0 Å². The molecule has 1 aliphatic rings. The molecule has 1 heterocycles.